The highest BCUT2D eigenvalue weighted by Crippen LogP contribution is 2.24. The highest BCUT2D eigenvalue weighted by Gasteiger charge is 2.18. The van der Waals surface area contributed by atoms with Gasteiger partial charge in [0, 0.05) is 5.02 Å². The predicted octanol–water partition coefficient (Wildman–Crippen LogP) is 2.26. The average molecular weight is 306 g/mol. The molecule has 0 unspecified atom stereocenters. The van der Waals surface area contributed by atoms with E-state index in [1.807, 2.05) is 0 Å². The number of halogens is 3. The molecule has 0 radical (unpaired) electrons. The molecule has 8 heteroatoms. The molecule has 0 saturated heterocycles. The fraction of sp³-hybridized carbons (Fsp3) is 0.167. The fourth-order valence-electron chi connectivity index (χ4n) is 1.23. The SMILES string of the molecule is COC(=O)/C=C(/Nc1c(F)cc(Cl)cc1F)C(=O)OC. The summed E-state index contributed by atoms with van der Waals surface area (Å²) < 4.78 is 35.9. The molecule has 0 saturated carbocycles. The van der Waals surface area contributed by atoms with Crippen LogP contribution < -0.4 is 5.32 Å². The summed E-state index contributed by atoms with van der Waals surface area (Å²) in [7, 11) is 2.13. The number of anilines is 1. The highest BCUT2D eigenvalue weighted by molar-refractivity contribution is 6.30. The zero-order valence-corrected chi connectivity index (χ0v) is 11.3. The Morgan fingerprint density at radius 2 is 1.75 bits per heavy atom. The van der Waals surface area contributed by atoms with Gasteiger partial charge in [0.05, 0.1) is 20.3 Å². The predicted molar refractivity (Wildman–Crippen MR) is 67.1 cm³/mol. The molecule has 1 rings (SSSR count). The van der Waals surface area contributed by atoms with E-state index < -0.39 is 35.0 Å². The number of nitrogens with one attached hydrogen (secondary N) is 1. The van der Waals surface area contributed by atoms with Crippen LogP contribution in [0.25, 0.3) is 0 Å². The van der Waals surface area contributed by atoms with Crippen LogP contribution in [0.1, 0.15) is 0 Å². The number of rotatable bonds is 4. The third-order valence-corrected chi connectivity index (χ3v) is 2.35. The fourth-order valence-corrected chi connectivity index (χ4v) is 1.42. The van der Waals surface area contributed by atoms with Crippen molar-refractivity contribution in [3.63, 3.8) is 0 Å². The van der Waals surface area contributed by atoms with Crippen molar-refractivity contribution in [1.29, 1.82) is 0 Å². The molecule has 0 fully saturated rings. The van der Waals surface area contributed by atoms with Crippen molar-refractivity contribution in [2.24, 2.45) is 0 Å². The Kier molecular flexibility index (Phi) is 5.45. The Balaban J connectivity index is 3.17. The second-order valence-corrected chi connectivity index (χ2v) is 3.88. The number of ether oxygens (including phenoxy) is 2. The third-order valence-electron chi connectivity index (χ3n) is 2.14. The largest absolute Gasteiger partial charge is 0.466 e. The molecule has 108 valence electrons. The summed E-state index contributed by atoms with van der Waals surface area (Å²) in [4.78, 5) is 22.5. The Bertz CT molecular complexity index is 552. The lowest BCUT2D eigenvalue weighted by Gasteiger charge is -2.11. The lowest BCUT2D eigenvalue weighted by molar-refractivity contribution is -0.138. The summed E-state index contributed by atoms with van der Waals surface area (Å²) in [5.74, 6) is -3.96. The number of hydrogen-bond donors (Lipinski definition) is 1. The molecule has 0 aliphatic heterocycles. The molecular formula is C12H10ClF2NO4. The molecule has 0 bridgehead atoms. The monoisotopic (exact) mass is 305 g/mol. The van der Waals surface area contributed by atoms with Crippen molar-refractivity contribution in [3.05, 3.63) is 40.6 Å². The minimum absolute atomic E-state index is 0.151. The summed E-state index contributed by atoms with van der Waals surface area (Å²) in [6.07, 6.45) is 0.708. The Hall–Kier alpha value is -2.15. The maximum absolute atomic E-state index is 13.6. The maximum Gasteiger partial charge on any atom is 0.354 e. The van der Waals surface area contributed by atoms with E-state index in [0.717, 1.165) is 26.4 Å². The molecule has 1 aromatic rings. The maximum atomic E-state index is 13.6. The summed E-state index contributed by atoms with van der Waals surface area (Å²) in [6, 6.07) is 1.69. The van der Waals surface area contributed by atoms with Crippen molar-refractivity contribution < 1.29 is 27.8 Å². The standard InChI is InChI=1S/C12H10ClF2NO4/c1-19-10(17)5-9(12(18)20-2)16-11-7(14)3-6(13)4-8(11)15/h3-5,16H,1-2H3/b9-5+. The number of benzene rings is 1. The van der Waals surface area contributed by atoms with E-state index in [4.69, 9.17) is 11.6 Å². The van der Waals surface area contributed by atoms with Gasteiger partial charge in [-0.2, -0.15) is 0 Å². The summed E-state index contributed by atoms with van der Waals surface area (Å²) in [6.45, 7) is 0. The number of methoxy groups -OCH3 is 2. The first-order valence-electron chi connectivity index (χ1n) is 5.18. The molecule has 0 heterocycles. The van der Waals surface area contributed by atoms with E-state index in [1.165, 1.54) is 0 Å². The van der Waals surface area contributed by atoms with Crippen molar-refractivity contribution in [2.75, 3.05) is 19.5 Å². The Morgan fingerprint density at radius 3 is 2.20 bits per heavy atom. The third kappa shape index (κ3) is 3.92. The highest BCUT2D eigenvalue weighted by atomic mass is 35.5. The zero-order valence-electron chi connectivity index (χ0n) is 10.5. The topological polar surface area (TPSA) is 64.6 Å². The van der Waals surface area contributed by atoms with Crippen LogP contribution in [0.5, 0.6) is 0 Å². The van der Waals surface area contributed by atoms with Crippen molar-refractivity contribution in [1.82, 2.24) is 0 Å². The van der Waals surface area contributed by atoms with E-state index in [9.17, 15) is 18.4 Å². The first-order chi connectivity index (χ1) is 9.38. The van der Waals surface area contributed by atoms with E-state index in [0.29, 0.717) is 6.08 Å². The van der Waals surface area contributed by atoms with Crippen LogP contribution in [0.15, 0.2) is 23.9 Å². The van der Waals surface area contributed by atoms with Gasteiger partial charge in [-0.15, -0.1) is 0 Å². The molecule has 1 N–H and O–H groups in total. The summed E-state index contributed by atoms with van der Waals surface area (Å²) in [5.41, 5.74) is -1.13. The molecule has 20 heavy (non-hydrogen) atoms. The first-order valence-corrected chi connectivity index (χ1v) is 5.56. The molecule has 0 spiro atoms. The Labute approximate surface area is 118 Å². The minimum atomic E-state index is -1.03. The van der Waals surface area contributed by atoms with Gasteiger partial charge in [-0.3, -0.25) is 0 Å². The summed E-state index contributed by atoms with van der Waals surface area (Å²) in [5, 5.41) is 1.98. The molecule has 0 aliphatic carbocycles. The molecule has 0 aliphatic rings. The van der Waals surface area contributed by atoms with Gasteiger partial charge < -0.3 is 14.8 Å². The molecule has 0 amide bonds. The van der Waals surface area contributed by atoms with Crippen molar-refractivity contribution in [2.45, 2.75) is 0 Å². The van der Waals surface area contributed by atoms with Crippen LogP contribution in [0.3, 0.4) is 0 Å². The first kappa shape index (κ1) is 15.9. The quantitative estimate of drug-likeness (QED) is 0.683. The van der Waals surface area contributed by atoms with Crippen LogP contribution in [0, 0.1) is 11.6 Å². The normalized spacial score (nSPS) is 10.9. The van der Waals surface area contributed by atoms with Gasteiger partial charge >= 0.3 is 11.9 Å². The summed E-state index contributed by atoms with van der Waals surface area (Å²) >= 11 is 5.47. The second kappa shape index (κ2) is 6.85. The lowest BCUT2D eigenvalue weighted by atomic mass is 10.2. The molecule has 0 atom stereocenters. The van der Waals surface area contributed by atoms with Crippen LogP contribution in [0.4, 0.5) is 14.5 Å². The minimum Gasteiger partial charge on any atom is -0.466 e. The van der Waals surface area contributed by atoms with Gasteiger partial charge in [0.15, 0.2) is 11.6 Å². The number of hydrogen-bond acceptors (Lipinski definition) is 5. The van der Waals surface area contributed by atoms with E-state index in [-0.39, 0.29) is 5.02 Å². The average Bonchev–Trinajstić information content (AvgIpc) is 2.40. The zero-order chi connectivity index (χ0) is 15.3. The van der Waals surface area contributed by atoms with Crippen LogP contribution >= 0.6 is 11.6 Å². The van der Waals surface area contributed by atoms with E-state index in [2.05, 4.69) is 14.8 Å². The van der Waals surface area contributed by atoms with Crippen LogP contribution in [0.2, 0.25) is 5.02 Å². The van der Waals surface area contributed by atoms with Crippen molar-refractivity contribution >= 4 is 29.2 Å². The van der Waals surface area contributed by atoms with Gasteiger partial charge in [-0.25, -0.2) is 18.4 Å². The molecular weight excluding hydrogens is 296 g/mol. The van der Waals surface area contributed by atoms with Gasteiger partial charge in [0.2, 0.25) is 0 Å². The number of carbonyl (C=O) groups is 2. The van der Waals surface area contributed by atoms with Gasteiger partial charge in [-0.05, 0) is 12.1 Å². The smallest absolute Gasteiger partial charge is 0.354 e. The molecule has 5 nitrogen and oxygen atoms in total. The van der Waals surface area contributed by atoms with Crippen LogP contribution in [-0.4, -0.2) is 26.2 Å². The van der Waals surface area contributed by atoms with E-state index >= 15 is 0 Å². The number of carbonyl (C=O) groups excluding carboxylic acids is 2. The van der Waals surface area contributed by atoms with Gasteiger partial charge in [-0.1, -0.05) is 11.6 Å². The van der Waals surface area contributed by atoms with Gasteiger partial charge in [0.25, 0.3) is 0 Å². The molecule has 1 aromatic carbocycles. The molecule has 0 aromatic heterocycles. The van der Waals surface area contributed by atoms with Crippen molar-refractivity contribution in [3.8, 4) is 0 Å². The van der Waals surface area contributed by atoms with Crippen LogP contribution in [-0.2, 0) is 19.1 Å². The number of esters is 2. The Morgan fingerprint density at radius 1 is 1.20 bits per heavy atom. The second-order valence-electron chi connectivity index (χ2n) is 3.44. The van der Waals surface area contributed by atoms with E-state index in [1.54, 1.807) is 0 Å². The van der Waals surface area contributed by atoms with Gasteiger partial charge in [0.1, 0.15) is 11.4 Å². The lowest BCUT2D eigenvalue weighted by Crippen LogP contribution is -2.17.